The van der Waals surface area contributed by atoms with Gasteiger partial charge < -0.3 is 15.7 Å². The van der Waals surface area contributed by atoms with Crippen LogP contribution in [-0.4, -0.2) is 38.6 Å². The molecule has 1 saturated carbocycles. The molecule has 4 N–H and O–H groups in total. The van der Waals surface area contributed by atoms with Crippen LogP contribution in [0.5, 0.6) is 0 Å². The second kappa shape index (κ2) is 9.00. The summed E-state index contributed by atoms with van der Waals surface area (Å²) in [5.74, 6) is 0.359. The summed E-state index contributed by atoms with van der Waals surface area (Å²) in [6.45, 7) is 2.21. The molecular formula is C17H25N3O5S. The molecule has 0 heterocycles. The predicted molar refractivity (Wildman–Crippen MR) is 97.4 cm³/mol. The number of carbonyl (C=O) groups excluding carboxylic acids is 1. The van der Waals surface area contributed by atoms with Gasteiger partial charge >= 0.3 is 6.09 Å². The van der Waals surface area contributed by atoms with Crippen molar-refractivity contribution in [2.24, 2.45) is 11.8 Å². The number of rotatable bonds is 7. The van der Waals surface area contributed by atoms with Gasteiger partial charge in [-0.05, 0) is 61.8 Å². The normalized spacial score (nSPS) is 20.3. The van der Waals surface area contributed by atoms with Gasteiger partial charge in [-0.3, -0.25) is 4.79 Å². The highest BCUT2D eigenvalue weighted by Crippen LogP contribution is 2.28. The van der Waals surface area contributed by atoms with Gasteiger partial charge in [0.2, 0.25) is 15.9 Å². The Morgan fingerprint density at radius 3 is 2.08 bits per heavy atom. The molecular weight excluding hydrogens is 358 g/mol. The minimum atomic E-state index is -3.59. The number of carbonyl (C=O) groups is 2. The van der Waals surface area contributed by atoms with E-state index in [2.05, 4.69) is 15.4 Å². The molecule has 2 rings (SSSR count). The van der Waals surface area contributed by atoms with E-state index < -0.39 is 16.1 Å². The van der Waals surface area contributed by atoms with Crippen molar-refractivity contribution < 1.29 is 23.1 Å². The Morgan fingerprint density at radius 2 is 1.58 bits per heavy atom. The monoisotopic (exact) mass is 383 g/mol. The first-order valence-corrected chi connectivity index (χ1v) is 10.1. The zero-order valence-electron chi connectivity index (χ0n) is 14.7. The molecule has 2 amide bonds. The first-order valence-electron chi connectivity index (χ1n) is 8.60. The Hall–Kier alpha value is -2.13. The largest absolute Gasteiger partial charge is 0.465 e. The van der Waals surface area contributed by atoms with E-state index in [1.165, 1.54) is 19.1 Å². The van der Waals surface area contributed by atoms with E-state index in [9.17, 15) is 18.0 Å². The first kappa shape index (κ1) is 20.2. The number of hydrogen-bond donors (Lipinski definition) is 4. The quantitative estimate of drug-likeness (QED) is 0.573. The van der Waals surface area contributed by atoms with E-state index in [-0.39, 0.29) is 16.7 Å². The maximum atomic E-state index is 12.4. The molecule has 0 radical (unpaired) electrons. The average molecular weight is 383 g/mol. The zero-order chi connectivity index (χ0) is 19.2. The lowest BCUT2D eigenvalue weighted by Gasteiger charge is -2.28. The maximum absolute atomic E-state index is 12.4. The molecule has 0 spiro atoms. The molecule has 1 aliphatic rings. The van der Waals surface area contributed by atoms with E-state index in [4.69, 9.17) is 5.11 Å². The van der Waals surface area contributed by atoms with Crippen molar-refractivity contribution in [3.63, 3.8) is 0 Å². The number of carboxylic acid groups (broad SMARTS) is 1. The Bertz CT molecular complexity index is 725. The van der Waals surface area contributed by atoms with Gasteiger partial charge in [0.15, 0.2) is 0 Å². The molecule has 0 aromatic heterocycles. The molecule has 0 bridgehead atoms. The minimum Gasteiger partial charge on any atom is -0.465 e. The van der Waals surface area contributed by atoms with Gasteiger partial charge in [0.25, 0.3) is 0 Å². The summed E-state index contributed by atoms with van der Waals surface area (Å²) in [4.78, 5) is 21.7. The summed E-state index contributed by atoms with van der Waals surface area (Å²) >= 11 is 0. The Morgan fingerprint density at radius 1 is 1.04 bits per heavy atom. The van der Waals surface area contributed by atoms with Crippen molar-refractivity contribution in [1.82, 2.24) is 10.0 Å². The van der Waals surface area contributed by atoms with Crippen molar-refractivity contribution in [3.8, 4) is 0 Å². The van der Waals surface area contributed by atoms with E-state index in [1.807, 2.05) is 0 Å². The second-order valence-corrected chi connectivity index (χ2v) is 8.40. The third-order valence-electron chi connectivity index (χ3n) is 4.56. The molecule has 0 unspecified atom stereocenters. The third-order valence-corrected chi connectivity index (χ3v) is 5.99. The van der Waals surface area contributed by atoms with Crippen LogP contribution in [0.15, 0.2) is 29.2 Å². The summed E-state index contributed by atoms with van der Waals surface area (Å²) in [6, 6.07) is 6.03. The SMILES string of the molecule is CC(=O)Nc1ccc(S(=O)(=O)NCC2CCC(CNC(=O)O)CC2)cc1. The van der Waals surface area contributed by atoms with Crippen molar-refractivity contribution in [1.29, 1.82) is 0 Å². The van der Waals surface area contributed by atoms with E-state index in [0.717, 1.165) is 25.7 Å². The highest BCUT2D eigenvalue weighted by molar-refractivity contribution is 7.89. The molecule has 1 aromatic carbocycles. The van der Waals surface area contributed by atoms with E-state index in [1.54, 1.807) is 12.1 Å². The number of benzene rings is 1. The van der Waals surface area contributed by atoms with Gasteiger partial charge in [0.1, 0.15) is 0 Å². The van der Waals surface area contributed by atoms with Crippen LogP contribution in [0.25, 0.3) is 0 Å². The average Bonchev–Trinajstić information content (AvgIpc) is 2.59. The highest BCUT2D eigenvalue weighted by Gasteiger charge is 2.23. The number of hydrogen-bond acceptors (Lipinski definition) is 4. The number of sulfonamides is 1. The molecule has 8 nitrogen and oxygen atoms in total. The Kier molecular flexibility index (Phi) is 6.98. The smallest absolute Gasteiger partial charge is 0.404 e. The van der Waals surface area contributed by atoms with E-state index >= 15 is 0 Å². The molecule has 1 aliphatic carbocycles. The minimum absolute atomic E-state index is 0.158. The van der Waals surface area contributed by atoms with Crippen LogP contribution in [0, 0.1) is 11.8 Å². The van der Waals surface area contributed by atoms with Crippen LogP contribution >= 0.6 is 0 Å². The lowest BCUT2D eigenvalue weighted by molar-refractivity contribution is -0.114. The van der Waals surface area contributed by atoms with Crippen molar-refractivity contribution in [2.45, 2.75) is 37.5 Å². The first-order chi connectivity index (χ1) is 12.3. The summed E-state index contributed by atoms with van der Waals surface area (Å²) < 4.78 is 27.4. The van der Waals surface area contributed by atoms with Crippen molar-refractivity contribution in [3.05, 3.63) is 24.3 Å². The molecule has 1 aromatic rings. The van der Waals surface area contributed by atoms with Gasteiger partial charge in [-0.25, -0.2) is 17.9 Å². The standard InChI is InChI=1S/C17H25N3O5S/c1-12(21)20-15-6-8-16(9-7-15)26(24,25)19-11-14-4-2-13(3-5-14)10-18-17(22)23/h6-9,13-14,18-19H,2-5,10-11H2,1H3,(H,20,21)(H,22,23). The molecule has 0 atom stereocenters. The molecule has 144 valence electrons. The molecule has 26 heavy (non-hydrogen) atoms. The fraction of sp³-hybridized carbons (Fsp3) is 0.529. The highest BCUT2D eigenvalue weighted by atomic mass is 32.2. The summed E-state index contributed by atoms with van der Waals surface area (Å²) in [5, 5.41) is 13.6. The summed E-state index contributed by atoms with van der Waals surface area (Å²) in [5.41, 5.74) is 0.546. The van der Waals surface area contributed by atoms with Crippen LogP contribution in [0.1, 0.15) is 32.6 Å². The maximum Gasteiger partial charge on any atom is 0.404 e. The van der Waals surface area contributed by atoms with Gasteiger partial charge in [-0.15, -0.1) is 0 Å². The summed E-state index contributed by atoms with van der Waals surface area (Å²) in [7, 11) is -3.59. The van der Waals surface area contributed by atoms with Crippen LogP contribution in [-0.2, 0) is 14.8 Å². The van der Waals surface area contributed by atoms with Crippen LogP contribution < -0.4 is 15.4 Å². The Balaban J connectivity index is 1.81. The predicted octanol–water partition coefficient (Wildman–Crippen LogP) is 2.00. The van der Waals surface area contributed by atoms with Gasteiger partial charge in [0.05, 0.1) is 4.90 Å². The van der Waals surface area contributed by atoms with Crippen LogP contribution in [0.2, 0.25) is 0 Å². The fourth-order valence-electron chi connectivity index (χ4n) is 3.10. The summed E-state index contributed by atoms with van der Waals surface area (Å²) in [6.07, 6.45) is 2.51. The number of amides is 2. The van der Waals surface area contributed by atoms with E-state index in [0.29, 0.717) is 24.7 Å². The number of nitrogens with one attached hydrogen (secondary N) is 3. The van der Waals surface area contributed by atoms with Crippen molar-refractivity contribution in [2.75, 3.05) is 18.4 Å². The zero-order valence-corrected chi connectivity index (χ0v) is 15.5. The lowest BCUT2D eigenvalue weighted by Crippen LogP contribution is -2.34. The van der Waals surface area contributed by atoms with Crippen LogP contribution in [0.4, 0.5) is 10.5 Å². The van der Waals surface area contributed by atoms with Crippen molar-refractivity contribution >= 4 is 27.7 Å². The van der Waals surface area contributed by atoms with Crippen LogP contribution in [0.3, 0.4) is 0 Å². The fourth-order valence-corrected chi connectivity index (χ4v) is 4.22. The topological polar surface area (TPSA) is 125 Å². The van der Waals surface area contributed by atoms with Gasteiger partial charge in [-0.2, -0.15) is 0 Å². The lowest BCUT2D eigenvalue weighted by atomic mass is 9.82. The second-order valence-electron chi connectivity index (χ2n) is 6.63. The molecule has 0 aliphatic heterocycles. The molecule has 9 heteroatoms. The molecule has 1 fully saturated rings. The number of anilines is 1. The Labute approximate surface area is 153 Å². The van der Waals surface area contributed by atoms with Gasteiger partial charge in [0, 0.05) is 25.7 Å². The molecule has 0 saturated heterocycles. The van der Waals surface area contributed by atoms with Gasteiger partial charge in [-0.1, -0.05) is 0 Å². The third kappa shape index (κ3) is 6.30.